The maximum Gasteiger partial charge on any atom is 0.151 e. The second-order valence-electron chi connectivity index (χ2n) is 8.50. The molecule has 1 aliphatic rings. The van der Waals surface area contributed by atoms with Gasteiger partial charge in [-0.1, -0.05) is 13.8 Å². The topological polar surface area (TPSA) is 119 Å². The molecule has 0 spiro atoms. The molecule has 0 saturated heterocycles. The van der Waals surface area contributed by atoms with Crippen LogP contribution in [-0.4, -0.2) is 20.7 Å². The third-order valence-corrected chi connectivity index (χ3v) is 6.18. The van der Waals surface area contributed by atoms with Crippen LogP contribution in [-0.2, 0) is 11.3 Å². The Hall–Kier alpha value is -4.12. The highest BCUT2D eigenvalue weighted by Gasteiger charge is 2.18. The van der Waals surface area contributed by atoms with Gasteiger partial charge in [0.1, 0.15) is 53.2 Å². The summed E-state index contributed by atoms with van der Waals surface area (Å²) in [5.74, 6) is -0.370. The summed E-state index contributed by atoms with van der Waals surface area (Å²) in [5, 5.41) is 12.1. The third-order valence-electron chi connectivity index (χ3n) is 5.30. The van der Waals surface area contributed by atoms with Crippen LogP contribution in [0.15, 0.2) is 66.3 Å². The van der Waals surface area contributed by atoms with Crippen LogP contribution < -0.4 is 15.8 Å². The van der Waals surface area contributed by atoms with Gasteiger partial charge in [0.15, 0.2) is 5.82 Å². The lowest BCUT2D eigenvalue weighted by molar-refractivity contribution is 0.196. The highest BCUT2D eigenvalue weighted by atomic mass is 32.1. The first-order valence-electron chi connectivity index (χ1n) is 11.5. The Balaban J connectivity index is 1.45. The van der Waals surface area contributed by atoms with Crippen LogP contribution in [0.25, 0.3) is 0 Å². The number of hydrogen-bond acceptors (Lipinski definition) is 9. The van der Waals surface area contributed by atoms with Gasteiger partial charge in [0, 0.05) is 30.8 Å². The van der Waals surface area contributed by atoms with E-state index < -0.39 is 11.6 Å². The predicted octanol–water partition coefficient (Wildman–Crippen LogP) is 6.35. The van der Waals surface area contributed by atoms with Gasteiger partial charge in [-0.15, -0.1) is 11.3 Å². The van der Waals surface area contributed by atoms with E-state index in [9.17, 15) is 8.78 Å². The second-order valence-corrected chi connectivity index (χ2v) is 9.82. The SMILES string of the molecule is Cc1ncc(COC2=CC(F)=CC(Oc3ccc(Nc4c(N)ncnc4C(=N)C(C)C)c(F)c3)=CC2)s1. The fourth-order valence-electron chi connectivity index (χ4n) is 3.39. The lowest BCUT2D eigenvalue weighted by Gasteiger charge is -2.16. The lowest BCUT2D eigenvalue weighted by Crippen LogP contribution is -2.15. The van der Waals surface area contributed by atoms with Crippen LogP contribution in [0.5, 0.6) is 5.75 Å². The van der Waals surface area contributed by atoms with Gasteiger partial charge >= 0.3 is 0 Å². The normalized spacial score (nSPS) is 13.4. The molecule has 8 nitrogen and oxygen atoms in total. The smallest absolute Gasteiger partial charge is 0.151 e. The molecule has 0 amide bonds. The van der Waals surface area contributed by atoms with E-state index in [1.54, 1.807) is 12.3 Å². The summed E-state index contributed by atoms with van der Waals surface area (Å²) >= 11 is 1.51. The largest absolute Gasteiger partial charge is 0.492 e. The highest BCUT2D eigenvalue weighted by molar-refractivity contribution is 7.11. The van der Waals surface area contributed by atoms with Gasteiger partial charge < -0.3 is 25.9 Å². The molecule has 37 heavy (non-hydrogen) atoms. The number of allylic oxidation sites excluding steroid dienone is 4. The number of ether oxygens (including phenoxy) is 2. The van der Waals surface area contributed by atoms with Crippen LogP contribution >= 0.6 is 11.3 Å². The molecule has 2 heterocycles. The minimum atomic E-state index is -0.636. The third kappa shape index (κ3) is 6.56. The fraction of sp³-hybridized carbons (Fsp3) is 0.231. The van der Waals surface area contributed by atoms with Crippen molar-refractivity contribution in [3.63, 3.8) is 0 Å². The average molecular weight is 525 g/mol. The molecule has 0 atom stereocenters. The average Bonchev–Trinajstić information content (AvgIpc) is 3.18. The van der Waals surface area contributed by atoms with Crippen molar-refractivity contribution in [2.24, 2.45) is 5.92 Å². The Bertz CT molecular complexity index is 1410. The van der Waals surface area contributed by atoms with E-state index in [1.807, 2.05) is 20.8 Å². The Kier molecular flexibility index (Phi) is 7.92. The van der Waals surface area contributed by atoms with Gasteiger partial charge in [0.05, 0.1) is 21.3 Å². The van der Waals surface area contributed by atoms with E-state index in [0.29, 0.717) is 24.5 Å². The Morgan fingerprint density at radius 1 is 1.22 bits per heavy atom. The van der Waals surface area contributed by atoms with Gasteiger partial charge in [-0.05, 0) is 31.1 Å². The first-order chi connectivity index (χ1) is 17.7. The number of nitrogens with two attached hydrogens (primary N) is 1. The standard InChI is InChI=1S/C26H26F2N6O2S/c1-14(2)23(29)24-25(26(30)33-13-32-24)34-22-7-6-19(10-21(22)28)36-18-5-4-17(8-16(27)9-18)35-12-20-11-31-15(3)37-20/h5-11,13-14,29,34H,4,12H2,1-3H3,(H2,30,32,33). The number of nitrogens with one attached hydrogen (secondary N) is 2. The summed E-state index contributed by atoms with van der Waals surface area (Å²) in [4.78, 5) is 13.2. The molecule has 2 aromatic heterocycles. The first-order valence-corrected chi connectivity index (χ1v) is 12.3. The van der Waals surface area contributed by atoms with Gasteiger partial charge in [-0.3, -0.25) is 0 Å². The quantitative estimate of drug-likeness (QED) is 0.279. The minimum absolute atomic E-state index is 0.0929. The molecule has 3 aromatic rings. The number of halogens is 2. The zero-order valence-electron chi connectivity index (χ0n) is 20.5. The van der Waals surface area contributed by atoms with Crippen LogP contribution in [0.2, 0.25) is 0 Å². The summed E-state index contributed by atoms with van der Waals surface area (Å²) in [6.07, 6.45) is 7.47. The zero-order chi connectivity index (χ0) is 26.5. The summed E-state index contributed by atoms with van der Waals surface area (Å²) in [7, 11) is 0. The molecule has 0 fully saturated rings. The molecule has 0 unspecified atom stereocenters. The second kappa shape index (κ2) is 11.3. The molecule has 4 N–H and O–H groups in total. The van der Waals surface area contributed by atoms with Gasteiger partial charge in [-0.2, -0.15) is 0 Å². The van der Waals surface area contributed by atoms with Crippen molar-refractivity contribution in [3.8, 4) is 5.75 Å². The summed E-state index contributed by atoms with van der Waals surface area (Å²) in [5.41, 5.74) is 6.86. The Labute approximate surface area is 217 Å². The number of rotatable bonds is 9. The number of hydrogen-bond donors (Lipinski definition) is 3. The number of aryl methyl sites for hydroxylation is 1. The summed E-state index contributed by atoms with van der Waals surface area (Å²) in [6.45, 7) is 5.90. The van der Waals surface area contributed by atoms with Crippen molar-refractivity contribution >= 4 is 34.2 Å². The summed E-state index contributed by atoms with van der Waals surface area (Å²) < 4.78 is 40.8. The molecular weight excluding hydrogens is 498 g/mol. The molecule has 1 aliphatic carbocycles. The Morgan fingerprint density at radius 3 is 2.73 bits per heavy atom. The molecule has 1 aromatic carbocycles. The number of aromatic nitrogens is 3. The number of thiazole rings is 1. The van der Waals surface area contributed by atoms with E-state index in [0.717, 1.165) is 9.88 Å². The number of nitrogens with zero attached hydrogens (tertiary/aromatic N) is 3. The van der Waals surface area contributed by atoms with Crippen LogP contribution in [0.1, 0.15) is 35.8 Å². The maximum atomic E-state index is 15.0. The van der Waals surface area contributed by atoms with Crippen molar-refractivity contribution < 1.29 is 18.3 Å². The van der Waals surface area contributed by atoms with E-state index in [2.05, 4.69) is 20.3 Å². The van der Waals surface area contributed by atoms with Crippen LogP contribution in [0.4, 0.5) is 26.0 Å². The van der Waals surface area contributed by atoms with Crippen molar-refractivity contribution in [3.05, 3.63) is 87.7 Å². The molecule has 11 heteroatoms. The lowest BCUT2D eigenvalue weighted by atomic mass is 10.0. The minimum Gasteiger partial charge on any atom is -0.492 e. The van der Waals surface area contributed by atoms with E-state index in [1.165, 1.54) is 48.0 Å². The maximum absolute atomic E-state index is 15.0. The van der Waals surface area contributed by atoms with E-state index in [4.69, 9.17) is 20.6 Å². The predicted molar refractivity (Wildman–Crippen MR) is 140 cm³/mol. The van der Waals surface area contributed by atoms with E-state index >= 15 is 0 Å². The van der Waals surface area contributed by atoms with Crippen molar-refractivity contribution in [1.82, 2.24) is 15.0 Å². The molecule has 0 bridgehead atoms. The molecule has 4 rings (SSSR count). The number of nitrogen functional groups attached to an aromatic ring is 1. The first kappa shape index (κ1) is 26.0. The van der Waals surface area contributed by atoms with Crippen molar-refractivity contribution in [1.29, 1.82) is 5.41 Å². The molecule has 0 aliphatic heterocycles. The molecule has 0 radical (unpaired) electrons. The van der Waals surface area contributed by atoms with Gasteiger partial charge in [0.2, 0.25) is 0 Å². The molecule has 192 valence electrons. The van der Waals surface area contributed by atoms with Crippen LogP contribution in [0, 0.1) is 24.1 Å². The van der Waals surface area contributed by atoms with Crippen molar-refractivity contribution in [2.75, 3.05) is 11.1 Å². The molecule has 0 saturated carbocycles. The zero-order valence-corrected chi connectivity index (χ0v) is 21.3. The molecular formula is C26H26F2N6O2S. The van der Waals surface area contributed by atoms with Crippen LogP contribution in [0.3, 0.4) is 0 Å². The van der Waals surface area contributed by atoms with Crippen molar-refractivity contribution in [2.45, 2.75) is 33.8 Å². The number of benzene rings is 1. The number of anilines is 3. The van der Waals surface area contributed by atoms with Gasteiger partial charge in [-0.25, -0.2) is 23.7 Å². The Morgan fingerprint density at radius 2 is 2.03 bits per heavy atom. The highest BCUT2D eigenvalue weighted by Crippen LogP contribution is 2.30. The van der Waals surface area contributed by atoms with Gasteiger partial charge in [0.25, 0.3) is 0 Å². The fourth-order valence-corrected chi connectivity index (χ4v) is 4.10. The van der Waals surface area contributed by atoms with E-state index in [-0.39, 0.29) is 40.3 Å². The monoisotopic (exact) mass is 524 g/mol. The summed E-state index contributed by atoms with van der Waals surface area (Å²) in [6, 6.07) is 4.17.